The van der Waals surface area contributed by atoms with Gasteiger partial charge in [-0.25, -0.2) is 4.99 Å². The van der Waals surface area contributed by atoms with Gasteiger partial charge in [-0.2, -0.15) is 0 Å². The van der Waals surface area contributed by atoms with Gasteiger partial charge in [0.15, 0.2) is 5.96 Å². The molecule has 0 unspecified atom stereocenters. The lowest BCUT2D eigenvalue weighted by molar-refractivity contribution is 0.0389. The molecular formula is C23H41IN6O. The average Bonchev–Trinajstić information content (AvgIpc) is 2.79. The molecule has 176 valence electrons. The van der Waals surface area contributed by atoms with Crippen molar-refractivity contribution in [2.45, 2.75) is 26.9 Å². The van der Waals surface area contributed by atoms with Crippen molar-refractivity contribution >= 4 is 29.9 Å². The maximum Gasteiger partial charge on any atom is 0.191 e. The molecule has 2 aliphatic rings. The van der Waals surface area contributed by atoms with E-state index in [4.69, 9.17) is 9.73 Å². The number of guanidine groups is 1. The smallest absolute Gasteiger partial charge is 0.191 e. The van der Waals surface area contributed by atoms with Crippen LogP contribution in [0.2, 0.25) is 0 Å². The molecule has 2 aliphatic heterocycles. The summed E-state index contributed by atoms with van der Waals surface area (Å²) in [5.41, 5.74) is 2.72. The van der Waals surface area contributed by atoms with Gasteiger partial charge in [0.1, 0.15) is 0 Å². The van der Waals surface area contributed by atoms with Crippen LogP contribution in [0.5, 0.6) is 0 Å². The van der Waals surface area contributed by atoms with Gasteiger partial charge >= 0.3 is 0 Å². The van der Waals surface area contributed by atoms with Gasteiger partial charge in [0.05, 0.1) is 19.8 Å². The number of likely N-dealkylation sites (N-methyl/N-ethyl adjacent to an activating group) is 1. The Morgan fingerprint density at radius 3 is 2.26 bits per heavy atom. The number of piperazine rings is 1. The highest BCUT2D eigenvalue weighted by atomic mass is 127. The molecular weight excluding hydrogens is 503 g/mol. The van der Waals surface area contributed by atoms with Gasteiger partial charge in [0.2, 0.25) is 0 Å². The zero-order valence-electron chi connectivity index (χ0n) is 19.3. The van der Waals surface area contributed by atoms with E-state index >= 15 is 0 Å². The van der Waals surface area contributed by atoms with Crippen LogP contribution < -0.4 is 10.6 Å². The maximum absolute atomic E-state index is 5.43. The monoisotopic (exact) mass is 544 g/mol. The first kappa shape index (κ1) is 26.3. The normalized spacial score (nSPS) is 19.1. The molecule has 1 aromatic carbocycles. The highest BCUT2D eigenvalue weighted by Crippen LogP contribution is 2.14. The van der Waals surface area contributed by atoms with Gasteiger partial charge in [0.25, 0.3) is 0 Å². The molecule has 0 saturated carbocycles. The van der Waals surface area contributed by atoms with Crippen molar-refractivity contribution < 1.29 is 4.74 Å². The minimum Gasteiger partial charge on any atom is -0.379 e. The lowest BCUT2D eigenvalue weighted by Gasteiger charge is -2.34. The predicted octanol–water partition coefficient (Wildman–Crippen LogP) is 1.83. The molecule has 2 fully saturated rings. The number of ether oxygens (including phenoxy) is 1. The van der Waals surface area contributed by atoms with Crippen molar-refractivity contribution in [1.82, 2.24) is 25.3 Å². The number of hydrogen-bond acceptors (Lipinski definition) is 5. The third-order valence-electron chi connectivity index (χ3n) is 6.00. The third kappa shape index (κ3) is 9.21. The Labute approximate surface area is 205 Å². The van der Waals surface area contributed by atoms with Crippen molar-refractivity contribution in [2.75, 3.05) is 78.7 Å². The van der Waals surface area contributed by atoms with Gasteiger partial charge in [-0.3, -0.25) is 9.80 Å². The van der Waals surface area contributed by atoms with E-state index in [1.54, 1.807) is 0 Å². The van der Waals surface area contributed by atoms with Crippen LogP contribution in [0.1, 0.15) is 25.0 Å². The molecule has 2 saturated heterocycles. The van der Waals surface area contributed by atoms with Crippen LogP contribution in [-0.4, -0.2) is 99.3 Å². The Hall–Kier alpha value is -0.940. The van der Waals surface area contributed by atoms with E-state index in [2.05, 4.69) is 63.4 Å². The van der Waals surface area contributed by atoms with Crippen molar-refractivity contribution in [3.05, 3.63) is 35.4 Å². The molecule has 1 aromatic rings. The Balaban J connectivity index is 0.00000341. The molecule has 2 N–H and O–H groups in total. The molecule has 0 spiro atoms. The molecule has 8 heteroatoms. The van der Waals surface area contributed by atoms with E-state index in [9.17, 15) is 0 Å². The second kappa shape index (κ2) is 15.0. The Kier molecular flexibility index (Phi) is 12.7. The summed E-state index contributed by atoms with van der Waals surface area (Å²) in [6.45, 7) is 18.4. The van der Waals surface area contributed by atoms with E-state index in [1.807, 2.05) is 0 Å². The van der Waals surface area contributed by atoms with Crippen LogP contribution in [0.3, 0.4) is 0 Å². The van der Waals surface area contributed by atoms with Crippen molar-refractivity contribution in [1.29, 1.82) is 0 Å². The minimum absolute atomic E-state index is 0. The molecule has 0 amide bonds. The number of rotatable bonds is 9. The van der Waals surface area contributed by atoms with Crippen molar-refractivity contribution in [3.8, 4) is 0 Å². The fourth-order valence-electron chi connectivity index (χ4n) is 4.03. The quantitative estimate of drug-likeness (QED) is 0.281. The number of morpholine rings is 1. The van der Waals surface area contributed by atoms with Crippen LogP contribution in [0.15, 0.2) is 29.3 Å². The van der Waals surface area contributed by atoms with E-state index in [0.717, 1.165) is 78.1 Å². The summed E-state index contributed by atoms with van der Waals surface area (Å²) in [5.74, 6) is 0.900. The maximum atomic E-state index is 5.43. The van der Waals surface area contributed by atoms with Gasteiger partial charge in [0, 0.05) is 65.4 Å². The van der Waals surface area contributed by atoms with Crippen LogP contribution >= 0.6 is 24.0 Å². The van der Waals surface area contributed by atoms with Gasteiger partial charge < -0.3 is 20.3 Å². The lowest BCUT2D eigenvalue weighted by atomic mass is 10.1. The van der Waals surface area contributed by atoms with Gasteiger partial charge in [-0.05, 0) is 24.6 Å². The van der Waals surface area contributed by atoms with E-state index in [1.165, 1.54) is 24.2 Å². The fourth-order valence-corrected chi connectivity index (χ4v) is 4.03. The summed E-state index contributed by atoms with van der Waals surface area (Å²) in [5, 5.41) is 6.87. The largest absolute Gasteiger partial charge is 0.379 e. The topological polar surface area (TPSA) is 55.4 Å². The van der Waals surface area contributed by atoms with Crippen LogP contribution in [0.25, 0.3) is 0 Å². The van der Waals surface area contributed by atoms with Crippen molar-refractivity contribution in [3.63, 3.8) is 0 Å². The first-order chi connectivity index (χ1) is 14.8. The zero-order chi connectivity index (χ0) is 21.0. The van der Waals surface area contributed by atoms with Crippen LogP contribution in [-0.2, 0) is 17.8 Å². The number of halogens is 1. The highest BCUT2D eigenvalue weighted by molar-refractivity contribution is 14.0. The molecule has 0 aliphatic carbocycles. The number of nitrogens with zero attached hydrogens (tertiary/aromatic N) is 4. The van der Waals surface area contributed by atoms with E-state index < -0.39 is 0 Å². The standard InChI is InChI=1S/C23H40N6O.HI/c1-3-24-23(25-9-10-28-15-17-30-18-16-28)26-19-21-7-5-6-8-22(21)20-29-13-11-27(4-2)12-14-29;/h5-8H,3-4,9-20H2,1-2H3,(H2,24,25,26);1H. The molecule has 0 atom stereocenters. The molecule has 2 heterocycles. The second-order valence-corrected chi connectivity index (χ2v) is 8.06. The van der Waals surface area contributed by atoms with Crippen molar-refractivity contribution in [2.24, 2.45) is 4.99 Å². The second-order valence-electron chi connectivity index (χ2n) is 8.06. The lowest BCUT2D eigenvalue weighted by Crippen LogP contribution is -2.45. The highest BCUT2D eigenvalue weighted by Gasteiger charge is 2.16. The average molecular weight is 545 g/mol. The Bertz CT molecular complexity index is 645. The molecule has 31 heavy (non-hydrogen) atoms. The number of aliphatic imine (C=N–C) groups is 1. The zero-order valence-corrected chi connectivity index (χ0v) is 21.6. The van der Waals surface area contributed by atoms with E-state index in [0.29, 0.717) is 6.54 Å². The van der Waals surface area contributed by atoms with Crippen LogP contribution in [0, 0.1) is 0 Å². The summed E-state index contributed by atoms with van der Waals surface area (Å²) in [6, 6.07) is 8.76. The molecule has 3 rings (SSSR count). The number of benzene rings is 1. The van der Waals surface area contributed by atoms with Gasteiger partial charge in [-0.1, -0.05) is 31.2 Å². The van der Waals surface area contributed by atoms with E-state index in [-0.39, 0.29) is 24.0 Å². The molecule has 0 bridgehead atoms. The number of hydrogen-bond donors (Lipinski definition) is 2. The first-order valence-corrected chi connectivity index (χ1v) is 11.6. The summed E-state index contributed by atoms with van der Waals surface area (Å²) in [6.07, 6.45) is 0. The van der Waals surface area contributed by atoms with Gasteiger partial charge in [-0.15, -0.1) is 24.0 Å². The third-order valence-corrected chi connectivity index (χ3v) is 6.00. The summed E-state index contributed by atoms with van der Waals surface area (Å²) < 4.78 is 5.43. The Morgan fingerprint density at radius 1 is 0.903 bits per heavy atom. The SMILES string of the molecule is CCNC(=NCc1ccccc1CN1CCN(CC)CC1)NCCN1CCOCC1.I. The molecule has 0 radical (unpaired) electrons. The summed E-state index contributed by atoms with van der Waals surface area (Å²) >= 11 is 0. The minimum atomic E-state index is 0. The fraction of sp³-hybridized carbons (Fsp3) is 0.696. The molecule has 0 aromatic heterocycles. The summed E-state index contributed by atoms with van der Waals surface area (Å²) in [7, 11) is 0. The first-order valence-electron chi connectivity index (χ1n) is 11.6. The number of nitrogens with one attached hydrogen (secondary N) is 2. The Morgan fingerprint density at radius 2 is 1.58 bits per heavy atom. The van der Waals surface area contributed by atoms with Crippen LogP contribution in [0.4, 0.5) is 0 Å². The predicted molar refractivity (Wildman–Crippen MR) is 139 cm³/mol. The summed E-state index contributed by atoms with van der Waals surface area (Å²) in [4.78, 5) is 12.4. The molecule has 7 nitrogen and oxygen atoms in total.